The van der Waals surface area contributed by atoms with Crippen LogP contribution >= 0.6 is 11.3 Å². The lowest BCUT2D eigenvalue weighted by atomic mass is 10.0. The van der Waals surface area contributed by atoms with Gasteiger partial charge in [0.2, 0.25) is 0 Å². The summed E-state index contributed by atoms with van der Waals surface area (Å²) in [4.78, 5) is 2.55. The quantitative estimate of drug-likeness (QED) is 0.677. The fourth-order valence-corrected chi connectivity index (χ4v) is 5.31. The number of thiophene rings is 1. The van der Waals surface area contributed by atoms with E-state index in [-0.39, 0.29) is 5.75 Å². The Bertz CT molecular complexity index is 1020. The molecule has 2 fully saturated rings. The molecule has 5 rings (SSSR count). The number of piperidine rings is 1. The molecule has 0 spiro atoms. The van der Waals surface area contributed by atoms with E-state index in [0.717, 1.165) is 71.9 Å². The molecule has 2 N–H and O–H groups in total. The molecule has 0 amide bonds. The molecular weight excluding hydrogens is 384 g/mol. The van der Waals surface area contributed by atoms with Gasteiger partial charge < -0.3 is 15.2 Å². The number of phenolic OH excluding ortho intramolecular Hbond substituents is 1. The van der Waals surface area contributed by atoms with Gasteiger partial charge in [-0.15, -0.1) is 21.5 Å². The van der Waals surface area contributed by atoms with Gasteiger partial charge in [-0.2, -0.15) is 0 Å². The van der Waals surface area contributed by atoms with Crippen LogP contribution in [0.1, 0.15) is 24.8 Å². The molecule has 152 valence electrons. The molecule has 2 aliphatic heterocycles. The normalized spacial score (nSPS) is 22.9. The Morgan fingerprint density at radius 2 is 2.17 bits per heavy atom. The first kappa shape index (κ1) is 18.8. The van der Waals surface area contributed by atoms with E-state index >= 15 is 0 Å². The van der Waals surface area contributed by atoms with Crippen molar-refractivity contribution >= 4 is 27.2 Å². The fourth-order valence-electron chi connectivity index (χ4n) is 4.52. The first-order valence-corrected chi connectivity index (χ1v) is 11.2. The number of nitrogens with zero attached hydrogens (tertiary/aromatic N) is 3. The summed E-state index contributed by atoms with van der Waals surface area (Å²) in [7, 11) is 0. The van der Waals surface area contributed by atoms with E-state index in [4.69, 9.17) is 4.74 Å². The van der Waals surface area contributed by atoms with Crippen LogP contribution in [0.3, 0.4) is 0 Å². The predicted molar refractivity (Wildman–Crippen MR) is 117 cm³/mol. The fraction of sp³-hybridized carbons (Fsp3) is 0.455. The summed E-state index contributed by atoms with van der Waals surface area (Å²) in [6, 6.07) is 8.88. The van der Waals surface area contributed by atoms with Crippen molar-refractivity contribution in [2.45, 2.75) is 38.3 Å². The van der Waals surface area contributed by atoms with E-state index in [0.29, 0.717) is 12.1 Å². The van der Waals surface area contributed by atoms with Gasteiger partial charge in [0.05, 0.1) is 12.3 Å². The summed E-state index contributed by atoms with van der Waals surface area (Å²) in [6.07, 6.45) is 3.47. The Balaban J connectivity index is 1.33. The molecule has 2 aliphatic rings. The molecule has 0 radical (unpaired) electrons. The van der Waals surface area contributed by atoms with Gasteiger partial charge in [0, 0.05) is 40.9 Å². The van der Waals surface area contributed by atoms with Crippen molar-refractivity contribution in [2.75, 3.05) is 31.6 Å². The number of anilines is 1. The van der Waals surface area contributed by atoms with Crippen LogP contribution in [0, 0.1) is 6.92 Å². The summed E-state index contributed by atoms with van der Waals surface area (Å²) in [5.41, 5.74) is 2.47. The van der Waals surface area contributed by atoms with E-state index in [2.05, 4.69) is 20.4 Å². The maximum Gasteiger partial charge on any atom is 0.149 e. The molecule has 3 aromatic rings. The highest BCUT2D eigenvalue weighted by Gasteiger charge is 2.28. The molecule has 1 aromatic carbocycles. The minimum Gasteiger partial charge on any atom is -0.507 e. The number of phenols is 1. The van der Waals surface area contributed by atoms with E-state index < -0.39 is 0 Å². The molecule has 1 unspecified atom stereocenters. The van der Waals surface area contributed by atoms with Gasteiger partial charge >= 0.3 is 0 Å². The molecule has 0 aliphatic carbocycles. The number of ether oxygens (including phenoxy) is 1. The molecule has 2 aromatic heterocycles. The van der Waals surface area contributed by atoms with E-state index in [1.165, 1.54) is 6.42 Å². The van der Waals surface area contributed by atoms with E-state index in [9.17, 15) is 5.11 Å². The van der Waals surface area contributed by atoms with Gasteiger partial charge in [-0.25, -0.2) is 0 Å². The summed E-state index contributed by atoms with van der Waals surface area (Å²) < 4.78 is 6.64. The van der Waals surface area contributed by atoms with Gasteiger partial charge in [-0.3, -0.25) is 4.90 Å². The van der Waals surface area contributed by atoms with E-state index in [1.807, 2.05) is 36.6 Å². The molecule has 2 atom stereocenters. The number of aromatic nitrogens is 2. The number of likely N-dealkylation sites (tertiary alicyclic amines) is 1. The Labute approximate surface area is 174 Å². The van der Waals surface area contributed by atoms with Gasteiger partial charge in [0.1, 0.15) is 11.6 Å². The molecule has 0 bridgehead atoms. The van der Waals surface area contributed by atoms with Crippen LogP contribution in [-0.2, 0) is 4.74 Å². The lowest BCUT2D eigenvalue weighted by Gasteiger charge is -2.36. The third-order valence-electron chi connectivity index (χ3n) is 6.07. The first-order valence-electron chi connectivity index (χ1n) is 10.3. The zero-order valence-corrected chi connectivity index (χ0v) is 17.4. The number of aryl methyl sites for hydroxylation is 1. The van der Waals surface area contributed by atoms with Crippen molar-refractivity contribution in [1.82, 2.24) is 15.1 Å². The lowest BCUT2D eigenvalue weighted by molar-refractivity contribution is 0.123. The maximum absolute atomic E-state index is 10.7. The first-order chi connectivity index (χ1) is 14.2. The molecule has 4 heterocycles. The van der Waals surface area contributed by atoms with Crippen LogP contribution in [0.15, 0.2) is 29.6 Å². The van der Waals surface area contributed by atoms with Gasteiger partial charge in [-0.1, -0.05) is 0 Å². The van der Waals surface area contributed by atoms with Gasteiger partial charge in [-0.05, 0) is 67.9 Å². The minimum atomic E-state index is 0.281. The molecular formula is C22H26N4O2S. The highest BCUT2D eigenvalue weighted by atomic mass is 32.1. The second kappa shape index (κ2) is 7.89. The van der Waals surface area contributed by atoms with Crippen LogP contribution in [-0.4, -0.2) is 58.6 Å². The zero-order valence-electron chi connectivity index (χ0n) is 16.6. The summed E-state index contributed by atoms with van der Waals surface area (Å²) in [6.45, 7) is 5.94. The van der Waals surface area contributed by atoms with Crippen molar-refractivity contribution in [3.8, 4) is 17.0 Å². The predicted octanol–water partition coefficient (Wildman–Crippen LogP) is 4.04. The molecule has 2 saturated heterocycles. The van der Waals surface area contributed by atoms with Crippen molar-refractivity contribution < 1.29 is 9.84 Å². The third-order valence-corrected chi connectivity index (χ3v) is 6.96. The van der Waals surface area contributed by atoms with Crippen LogP contribution in [0.25, 0.3) is 21.3 Å². The number of hydrogen-bond donors (Lipinski definition) is 2. The Morgan fingerprint density at radius 1 is 1.24 bits per heavy atom. The number of nitrogens with one attached hydrogen (secondary N) is 1. The average molecular weight is 411 g/mol. The largest absolute Gasteiger partial charge is 0.507 e. The number of hydrogen-bond acceptors (Lipinski definition) is 7. The van der Waals surface area contributed by atoms with Gasteiger partial charge in [0.25, 0.3) is 0 Å². The Hall–Kier alpha value is -2.22. The van der Waals surface area contributed by atoms with Crippen molar-refractivity contribution in [1.29, 1.82) is 0 Å². The smallest absolute Gasteiger partial charge is 0.149 e. The highest BCUT2D eigenvalue weighted by Crippen LogP contribution is 2.38. The summed E-state index contributed by atoms with van der Waals surface area (Å²) in [5.74, 6) is 1.08. The Morgan fingerprint density at radius 3 is 3.00 bits per heavy atom. The average Bonchev–Trinajstić information content (AvgIpc) is 3.42. The second-order valence-corrected chi connectivity index (χ2v) is 9.00. The van der Waals surface area contributed by atoms with Gasteiger partial charge in [0.15, 0.2) is 0 Å². The SMILES string of the molecule is Cc1cc(N[C@@H]2CCCN(C3CCOC3)C2)nnc1-c1ccc2sccc2c1O. The van der Waals surface area contributed by atoms with Crippen LogP contribution < -0.4 is 5.32 Å². The number of aromatic hydroxyl groups is 1. The second-order valence-electron chi connectivity index (χ2n) is 8.05. The lowest BCUT2D eigenvalue weighted by Crippen LogP contribution is -2.47. The number of rotatable bonds is 4. The minimum absolute atomic E-state index is 0.281. The van der Waals surface area contributed by atoms with Crippen LogP contribution in [0.2, 0.25) is 0 Å². The summed E-state index contributed by atoms with van der Waals surface area (Å²) in [5, 5.41) is 26.0. The van der Waals surface area contributed by atoms with Crippen LogP contribution in [0.5, 0.6) is 5.75 Å². The monoisotopic (exact) mass is 410 g/mol. The number of fused-ring (bicyclic) bond motifs is 1. The van der Waals surface area contributed by atoms with Crippen LogP contribution in [0.4, 0.5) is 5.82 Å². The topological polar surface area (TPSA) is 70.5 Å². The van der Waals surface area contributed by atoms with Crippen molar-refractivity contribution in [3.05, 3.63) is 35.2 Å². The third kappa shape index (κ3) is 3.70. The Kier molecular flexibility index (Phi) is 5.11. The molecule has 6 nitrogen and oxygen atoms in total. The molecule has 29 heavy (non-hydrogen) atoms. The van der Waals surface area contributed by atoms with Crippen molar-refractivity contribution in [3.63, 3.8) is 0 Å². The van der Waals surface area contributed by atoms with Crippen molar-refractivity contribution in [2.24, 2.45) is 0 Å². The number of benzene rings is 1. The van der Waals surface area contributed by atoms with E-state index in [1.54, 1.807) is 11.3 Å². The maximum atomic E-state index is 10.7. The highest BCUT2D eigenvalue weighted by molar-refractivity contribution is 7.17. The summed E-state index contributed by atoms with van der Waals surface area (Å²) >= 11 is 1.62. The molecule has 7 heteroatoms. The molecule has 0 saturated carbocycles. The zero-order chi connectivity index (χ0) is 19.8. The standard InChI is InChI=1S/C22H26N4O2S/c1-14-11-20(23-15-3-2-8-26(12-15)16-6-9-28-13-16)24-25-21(14)18-4-5-19-17(22(18)27)7-10-29-19/h4-5,7,10-11,15-16,27H,2-3,6,8-9,12-13H2,1H3,(H,23,24)/t15-,16?/m1/s1.